The van der Waals surface area contributed by atoms with Crippen molar-refractivity contribution in [3.63, 3.8) is 0 Å². The lowest BCUT2D eigenvalue weighted by Gasteiger charge is -2.42. The van der Waals surface area contributed by atoms with Gasteiger partial charge in [0, 0.05) is 18.0 Å². The van der Waals surface area contributed by atoms with Crippen LogP contribution in [0.15, 0.2) is 41.3 Å². The van der Waals surface area contributed by atoms with Gasteiger partial charge in [-0.2, -0.15) is 31.4 Å². The highest BCUT2D eigenvalue weighted by Gasteiger charge is 2.60. The first-order valence-corrected chi connectivity index (χ1v) is 13.1. The molecule has 0 unspecified atom stereocenters. The summed E-state index contributed by atoms with van der Waals surface area (Å²) in [6.45, 7) is 0.949. The van der Waals surface area contributed by atoms with Crippen LogP contribution in [0.1, 0.15) is 46.6 Å². The Morgan fingerprint density at radius 1 is 1.00 bits per heavy atom. The summed E-state index contributed by atoms with van der Waals surface area (Å²) in [5.41, 5.74) is -5.40. The van der Waals surface area contributed by atoms with E-state index in [1.807, 2.05) is 0 Å². The van der Waals surface area contributed by atoms with Crippen molar-refractivity contribution in [2.45, 2.75) is 48.8 Å². The highest BCUT2D eigenvalue weighted by molar-refractivity contribution is 7.90. The van der Waals surface area contributed by atoms with E-state index in [9.17, 15) is 39.6 Å². The molecule has 0 radical (unpaired) electrons. The molecule has 16 heteroatoms. The van der Waals surface area contributed by atoms with Crippen molar-refractivity contribution in [1.82, 2.24) is 20.4 Å². The van der Waals surface area contributed by atoms with E-state index in [0.717, 1.165) is 31.4 Å². The highest BCUT2D eigenvalue weighted by Crippen LogP contribution is 2.53. The summed E-state index contributed by atoms with van der Waals surface area (Å²) >= 11 is 0. The molecule has 3 aromatic rings. The number of nitrogens with one attached hydrogen (secondary N) is 1. The predicted molar refractivity (Wildman–Crippen MR) is 123 cm³/mol. The van der Waals surface area contributed by atoms with Crippen molar-refractivity contribution in [1.29, 1.82) is 0 Å². The van der Waals surface area contributed by atoms with Crippen LogP contribution in [-0.4, -0.2) is 47.2 Å². The number of alkyl halides is 6. The Hall–Kier alpha value is -3.82. The minimum absolute atomic E-state index is 0.0549. The molecular weight excluding hydrogens is 556 g/mol. The first kappa shape index (κ1) is 28.2. The number of anilines is 1. The first-order chi connectivity index (χ1) is 18.0. The molecule has 0 atom stereocenters. The van der Waals surface area contributed by atoms with Crippen LogP contribution in [0.2, 0.25) is 0 Å². The number of rotatable bonds is 6. The Labute approximate surface area is 217 Å². The van der Waals surface area contributed by atoms with Gasteiger partial charge in [0.1, 0.15) is 11.0 Å². The molecule has 0 bridgehead atoms. The molecule has 208 valence electrons. The average Bonchev–Trinajstić information content (AvgIpc) is 2.77. The molecule has 1 amide bonds. The van der Waals surface area contributed by atoms with E-state index in [-0.39, 0.29) is 29.1 Å². The lowest BCUT2D eigenvalue weighted by Crippen LogP contribution is -2.48. The first-order valence-electron chi connectivity index (χ1n) is 11.2. The van der Waals surface area contributed by atoms with Crippen molar-refractivity contribution in [2.75, 3.05) is 11.6 Å². The van der Waals surface area contributed by atoms with Crippen LogP contribution < -0.4 is 10.1 Å². The fraction of sp³-hybridized carbons (Fsp3) is 0.348. The smallest absolute Gasteiger partial charge is 0.417 e. The van der Waals surface area contributed by atoms with Gasteiger partial charge in [-0.05, 0) is 49.6 Å². The van der Waals surface area contributed by atoms with Crippen LogP contribution >= 0.6 is 0 Å². The summed E-state index contributed by atoms with van der Waals surface area (Å²) in [5.74, 6) is -2.32. The molecule has 0 saturated heterocycles. The highest BCUT2D eigenvalue weighted by atomic mass is 32.2. The Kier molecular flexibility index (Phi) is 7.04. The Balaban J connectivity index is 1.69. The van der Waals surface area contributed by atoms with Crippen molar-refractivity contribution in [3.05, 3.63) is 58.9 Å². The van der Waals surface area contributed by atoms with E-state index >= 15 is 0 Å². The number of ether oxygens (including phenoxy) is 1. The molecule has 1 aliphatic carbocycles. The minimum Gasteiger partial charge on any atom is -0.417 e. The molecule has 1 N–H and O–H groups in total. The van der Waals surface area contributed by atoms with E-state index in [1.54, 1.807) is 0 Å². The summed E-state index contributed by atoms with van der Waals surface area (Å²) in [5, 5.41) is 16.0. The lowest BCUT2D eigenvalue weighted by molar-refractivity contribution is -0.214. The van der Waals surface area contributed by atoms with Crippen LogP contribution in [0, 0.1) is 6.92 Å². The van der Waals surface area contributed by atoms with E-state index in [0.29, 0.717) is 6.42 Å². The van der Waals surface area contributed by atoms with Crippen LogP contribution in [-0.2, 0) is 21.4 Å². The Morgan fingerprint density at radius 2 is 1.69 bits per heavy atom. The molecule has 0 spiro atoms. The number of sulfone groups is 1. The molecule has 2 aromatic heterocycles. The molecular formula is C23H19F6N5O4S. The van der Waals surface area contributed by atoms with Crippen molar-refractivity contribution >= 4 is 21.4 Å². The predicted octanol–water partition coefficient (Wildman–Crippen LogP) is 5.03. The number of halogens is 6. The monoisotopic (exact) mass is 575 g/mol. The number of carbonyl (C=O) groups excluding carboxylic acids is 1. The zero-order chi connectivity index (χ0) is 28.8. The maximum atomic E-state index is 13.6. The maximum absolute atomic E-state index is 13.6. The topological polar surface area (TPSA) is 124 Å². The SMILES string of the molecule is Cc1c(C(F)(F)F)nnc(Oc2ccc(C3(C(F)(F)F)CCC3)nn2)c1C(=O)Nc1cccc(S(C)(=O)=O)c1. The van der Waals surface area contributed by atoms with Gasteiger partial charge in [0.15, 0.2) is 15.5 Å². The second-order valence-electron chi connectivity index (χ2n) is 8.90. The summed E-state index contributed by atoms with van der Waals surface area (Å²) in [6, 6.07) is 7.05. The van der Waals surface area contributed by atoms with E-state index in [1.165, 1.54) is 18.2 Å². The molecule has 39 heavy (non-hydrogen) atoms. The minimum atomic E-state index is -4.99. The zero-order valence-corrected chi connectivity index (χ0v) is 21.0. The number of nitrogens with zero attached hydrogens (tertiary/aromatic N) is 4. The maximum Gasteiger partial charge on any atom is 0.435 e. The van der Waals surface area contributed by atoms with Crippen LogP contribution in [0.4, 0.5) is 32.0 Å². The Bertz CT molecular complexity index is 1520. The molecule has 1 saturated carbocycles. The van der Waals surface area contributed by atoms with Gasteiger partial charge in [-0.3, -0.25) is 4.79 Å². The van der Waals surface area contributed by atoms with Crippen LogP contribution in [0.25, 0.3) is 0 Å². The third-order valence-electron chi connectivity index (χ3n) is 6.28. The number of amides is 1. The Morgan fingerprint density at radius 3 is 2.21 bits per heavy atom. The summed E-state index contributed by atoms with van der Waals surface area (Å²) in [6.07, 6.45) is -8.60. The average molecular weight is 575 g/mol. The molecule has 0 aliphatic heterocycles. The van der Waals surface area contributed by atoms with Crippen molar-refractivity contribution in [3.8, 4) is 11.8 Å². The quantitative estimate of drug-likeness (QED) is 0.406. The van der Waals surface area contributed by atoms with Gasteiger partial charge in [0.2, 0.25) is 5.88 Å². The number of hydrogen-bond acceptors (Lipinski definition) is 8. The number of hydrogen-bond donors (Lipinski definition) is 1. The van der Waals surface area contributed by atoms with Gasteiger partial charge in [0.25, 0.3) is 11.8 Å². The molecule has 1 fully saturated rings. The molecule has 1 aliphatic rings. The third-order valence-corrected chi connectivity index (χ3v) is 7.39. The van der Waals surface area contributed by atoms with Gasteiger partial charge in [-0.1, -0.05) is 12.5 Å². The standard InChI is InChI=1S/C23H19F6N5O4S/c1-12-17(19(35)30-13-5-3-6-14(11-13)39(2,36)37)20(34-33-18(12)22(24,25)26)38-16-8-7-15(31-32-16)21(9-4-10-21)23(27,28)29/h3,5-8,11H,4,9-10H2,1-2H3,(H,30,35). The van der Waals surface area contributed by atoms with Crippen molar-refractivity contribution < 1.29 is 44.3 Å². The van der Waals surface area contributed by atoms with Crippen LogP contribution in [0.3, 0.4) is 0 Å². The van der Waals surface area contributed by atoms with Gasteiger partial charge in [-0.15, -0.1) is 15.3 Å². The number of aromatic nitrogens is 4. The molecule has 2 heterocycles. The van der Waals surface area contributed by atoms with Crippen LogP contribution in [0.5, 0.6) is 11.8 Å². The lowest BCUT2D eigenvalue weighted by atomic mass is 9.66. The molecule has 4 rings (SSSR count). The number of carbonyl (C=O) groups is 1. The number of benzene rings is 1. The van der Waals surface area contributed by atoms with E-state index in [2.05, 4.69) is 25.7 Å². The molecule has 9 nitrogen and oxygen atoms in total. The molecule has 1 aromatic carbocycles. The normalized spacial score (nSPS) is 15.4. The van der Waals surface area contributed by atoms with Gasteiger partial charge >= 0.3 is 12.4 Å². The summed E-state index contributed by atoms with van der Waals surface area (Å²) in [7, 11) is -3.66. The van der Waals surface area contributed by atoms with E-state index in [4.69, 9.17) is 4.74 Å². The third kappa shape index (κ3) is 5.51. The second-order valence-corrected chi connectivity index (χ2v) is 10.9. The van der Waals surface area contributed by atoms with Gasteiger partial charge < -0.3 is 10.1 Å². The summed E-state index contributed by atoms with van der Waals surface area (Å²) < 4.78 is 110. The van der Waals surface area contributed by atoms with Gasteiger partial charge in [0.05, 0.1) is 10.6 Å². The van der Waals surface area contributed by atoms with Crippen molar-refractivity contribution in [2.24, 2.45) is 0 Å². The van der Waals surface area contributed by atoms with Gasteiger partial charge in [-0.25, -0.2) is 8.42 Å². The fourth-order valence-corrected chi connectivity index (χ4v) is 4.72. The largest absolute Gasteiger partial charge is 0.435 e. The fourth-order valence-electron chi connectivity index (χ4n) is 4.05. The summed E-state index contributed by atoms with van der Waals surface area (Å²) in [4.78, 5) is 12.9. The van der Waals surface area contributed by atoms with E-state index < -0.39 is 62.1 Å². The second kappa shape index (κ2) is 9.73. The zero-order valence-electron chi connectivity index (χ0n) is 20.2.